The fraction of sp³-hybridized carbons (Fsp3) is 0.318. The van der Waals surface area contributed by atoms with E-state index in [9.17, 15) is 9.59 Å². The molecular formula is C22H23N5O2. The van der Waals surface area contributed by atoms with Crippen LogP contribution in [0.5, 0.6) is 0 Å². The van der Waals surface area contributed by atoms with E-state index in [2.05, 4.69) is 10.4 Å². The van der Waals surface area contributed by atoms with Gasteiger partial charge in [0.15, 0.2) is 0 Å². The number of amides is 2. The van der Waals surface area contributed by atoms with E-state index in [4.69, 9.17) is 0 Å². The van der Waals surface area contributed by atoms with Crippen molar-refractivity contribution in [1.82, 2.24) is 19.2 Å². The van der Waals surface area contributed by atoms with Crippen LogP contribution in [-0.2, 0) is 24.3 Å². The minimum absolute atomic E-state index is 0.0485. The molecule has 1 fully saturated rings. The lowest BCUT2D eigenvalue weighted by atomic mass is 9.73. The van der Waals surface area contributed by atoms with Gasteiger partial charge in [0.25, 0.3) is 5.91 Å². The van der Waals surface area contributed by atoms with E-state index in [1.807, 2.05) is 73.2 Å². The van der Waals surface area contributed by atoms with Crippen LogP contribution in [0, 0.1) is 6.92 Å². The second-order valence-corrected chi connectivity index (χ2v) is 8.00. The van der Waals surface area contributed by atoms with Crippen molar-refractivity contribution in [2.24, 2.45) is 14.1 Å². The van der Waals surface area contributed by atoms with Crippen LogP contribution in [0.3, 0.4) is 0 Å². The number of nitrogens with zero attached hydrogens (tertiary/aromatic N) is 4. The SMILES string of the molecule is Cc1c(C(=O)N2CC[C@]3(C(=O)Nc4ccccc43)[C@@H]2c2cnn(C)c2)ccn1C. The molecule has 1 N–H and O–H groups in total. The second kappa shape index (κ2) is 6.07. The van der Waals surface area contributed by atoms with Crippen LogP contribution in [0.4, 0.5) is 5.69 Å². The van der Waals surface area contributed by atoms with Gasteiger partial charge in [-0.05, 0) is 31.0 Å². The van der Waals surface area contributed by atoms with Gasteiger partial charge in [0, 0.05) is 50.0 Å². The van der Waals surface area contributed by atoms with Crippen molar-refractivity contribution in [3.05, 3.63) is 71.3 Å². The maximum Gasteiger partial charge on any atom is 0.256 e. The fourth-order valence-corrected chi connectivity index (χ4v) is 4.94. The molecule has 2 atom stereocenters. The highest BCUT2D eigenvalue weighted by molar-refractivity contribution is 6.08. The Labute approximate surface area is 168 Å². The summed E-state index contributed by atoms with van der Waals surface area (Å²) >= 11 is 0. The number of likely N-dealkylation sites (tertiary alicyclic amines) is 1. The van der Waals surface area contributed by atoms with Crippen molar-refractivity contribution in [3.63, 3.8) is 0 Å². The van der Waals surface area contributed by atoms with E-state index in [1.54, 1.807) is 10.9 Å². The average Bonchev–Trinajstić information content (AvgIpc) is 3.45. The van der Waals surface area contributed by atoms with Gasteiger partial charge in [-0.1, -0.05) is 18.2 Å². The predicted molar refractivity (Wildman–Crippen MR) is 109 cm³/mol. The minimum Gasteiger partial charge on any atom is -0.354 e. The minimum atomic E-state index is -0.808. The second-order valence-electron chi connectivity index (χ2n) is 8.00. The van der Waals surface area contributed by atoms with Crippen molar-refractivity contribution >= 4 is 17.5 Å². The van der Waals surface area contributed by atoms with Crippen LogP contribution in [0.1, 0.15) is 39.6 Å². The van der Waals surface area contributed by atoms with Gasteiger partial charge in [-0.15, -0.1) is 0 Å². The van der Waals surface area contributed by atoms with Crippen molar-refractivity contribution < 1.29 is 9.59 Å². The van der Waals surface area contributed by atoms with Gasteiger partial charge in [0.2, 0.25) is 5.91 Å². The number of anilines is 1. The topological polar surface area (TPSA) is 72.2 Å². The predicted octanol–water partition coefficient (Wildman–Crippen LogP) is 2.54. The first-order chi connectivity index (χ1) is 13.9. The van der Waals surface area contributed by atoms with E-state index in [0.717, 1.165) is 22.5 Å². The van der Waals surface area contributed by atoms with E-state index in [0.29, 0.717) is 18.5 Å². The third-order valence-corrected chi connectivity index (χ3v) is 6.50. The summed E-state index contributed by atoms with van der Waals surface area (Å²) in [4.78, 5) is 28.8. The number of carbonyl (C=O) groups is 2. The Morgan fingerprint density at radius 3 is 2.72 bits per heavy atom. The molecule has 1 aromatic carbocycles. The number of para-hydroxylation sites is 1. The fourth-order valence-electron chi connectivity index (χ4n) is 4.94. The van der Waals surface area contributed by atoms with Crippen LogP contribution in [-0.4, -0.2) is 37.6 Å². The third-order valence-electron chi connectivity index (χ3n) is 6.50. The van der Waals surface area contributed by atoms with Gasteiger partial charge in [-0.25, -0.2) is 0 Å². The van der Waals surface area contributed by atoms with Crippen molar-refractivity contribution in [3.8, 4) is 0 Å². The number of nitrogens with one attached hydrogen (secondary N) is 1. The summed E-state index contributed by atoms with van der Waals surface area (Å²) in [6.45, 7) is 2.45. The Bertz CT molecular complexity index is 1140. The first-order valence-corrected chi connectivity index (χ1v) is 9.76. The standard InChI is InChI=1S/C22H23N5O2/c1-14-16(8-10-25(14)2)20(28)27-11-9-22(19(27)15-12-23-26(3)13-15)17-6-4-5-7-18(17)24-21(22)29/h4-8,10,12-13,19H,9,11H2,1-3H3,(H,24,29)/t19-,22+/m0/s1. The van der Waals surface area contributed by atoms with Crippen LogP contribution in [0.2, 0.25) is 0 Å². The van der Waals surface area contributed by atoms with E-state index in [1.165, 1.54) is 0 Å². The number of aryl methyl sites for hydroxylation is 2. The number of hydrogen-bond donors (Lipinski definition) is 1. The van der Waals surface area contributed by atoms with Gasteiger partial charge in [0.1, 0.15) is 5.41 Å². The molecule has 2 aromatic heterocycles. The number of rotatable bonds is 2. The number of carbonyl (C=O) groups excluding carboxylic acids is 2. The normalized spacial score (nSPS) is 22.9. The van der Waals surface area contributed by atoms with E-state index >= 15 is 0 Å². The quantitative estimate of drug-likeness (QED) is 0.732. The smallest absolute Gasteiger partial charge is 0.256 e. The molecule has 0 aliphatic carbocycles. The number of benzene rings is 1. The van der Waals surface area contributed by atoms with Crippen LogP contribution in [0.15, 0.2) is 48.9 Å². The molecule has 0 bridgehead atoms. The summed E-state index contributed by atoms with van der Waals surface area (Å²) in [5, 5.41) is 7.37. The molecule has 7 nitrogen and oxygen atoms in total. The van der Waals surface area contributed by atoms with Gasteiger partial charge >= 0.3 is 0 Å². The number of fused-ring (bicyclic) bond motifs is 2. The van der Waals surface area contributed by atoms with Crippen molar-refractivity contribution in [2.75, 3.05) is 11.9 Å². The Balaban J connectivity index is 1.67. The lowest BCUT2D eigenvalue weighted by molar-refractivity contribution is -0.121. The molecule has 0 unspecified atom stereocenters. The lowest BCUT2D eigenvalue weighted by Crippen LogP contribution is -2.42. The van der Waals surface area contributed by atoms with Crippen LogP contribution < -0.4 is 5.32 Å². The molecule has 2 amide bonds. The van der Waals surface area contributed by atoms with E-state index in [-0.39, 0.29) is 11.8 Å². The summed E-state index contributed by atoms with van der Waals surface area (Å²) < 4.78 is 3.66. The van der Waals surface area contributed by atoms with Crippen LogP contribution in [0.25, 0.3) is 0 Å². The molecule has 3 aromatic rings. The zero-order valence-corrected chi connectivity index (χ0v) is 16.7. The molecule has 5 rings (SSSR count). The number of aromatic nitrogens is 3. The maximum atomic E-state index is 13.6. The monoisotopic (exact) mass is 389 g/mol. The first-order valence-electron chi connectivity index (χ1n) is 9.76. The highest BCUT2D eigenvalue weighted by atomic mass is 16.2. The Morgan fingerprint density at radius 1 is 1.24 bits per heavy atom. The molecule has 148 valence electrons. The van der Waals surface area contributed by atoms with Gasteiger partial charge in [-0.3, -0.25) is 14.3 Å². The van der Waals surface area contributed by atoms with Gasteiger partial charge in [-0.2, -0.15) is 5.10 Å². The van der Waals surface area contributed by atoms with Gasteiger partial charge < -0.3 is 14.8 Å². The molecule has 0 saturated carbocycles. The highest BCUT2D eigenvalue weighted by Crippen LogP contribution is 2.54. The van der Waals surface area contributed by atoms with Gasteiger partial charge in [0.05, 0.1) is 17.8 Å². The Kier molecular flexibility index (Phi) is 3.71. The molecule has 0 radical (unpaired) electrons. The maximum absolute atomic E-state index is 13.6. The van der Waals surface area contributed by atoms with Crippen molar-refractivity contribution in [2.45, 2.75) is 24.8 Å². The highest BCUT2D eigenvalue weighted by Gasteiger charge is 2.59. The van der Waals surface area contributed by atoms with E-state index < -0.39 is 11.5 Å². The molecule has 4 heterocycles. The first kappa shape index (κ1) is 17.7. The molecule has 7 heteroatoms. The zero-order valence-electron chi connectivity index (χ0n) is 16.7. The summed E-state index contributed by atoms with van der Waals surface area (Å²) in [5.74, 6) is -0.0985. The van der Waals surface area contributed by atoms with Crippen LogP contribution >= 0.6 is 0 Å². The molecule has 29 heavy (non-hydrogen) atoms. The molecule has 2 aliphatic heterocycles. The zero-order chi connectivity index (χ0) is 20.3. The molecule has 2 aliphatic rings. The van der Waals surface area contributed by atoms with Crippen molar-refractivity contribution in [1.29, 1.82) is 0 Å². The largest absolute Gasteiger partial charge is 0.354 e. The molecule has 1 saturated heterocycles. The molecule has 1 spiro atoms. The average molecular weight is 389 g/mol. The molecular weight excluding hydrogens is 366 g/mol. The summed E-state index contributed by atoms with van der Waals surface area (Å²) in [6, 6.07) is 9.24. The summed E-state index contributed by atoms with van der Waals surface area (Å²) in [7, 11) is 3.78. The Hall–Kier alpha value is -3.35. The lowest BCUT2D eigenvalue weighted by Gasteiger charge is -2.33. The third kappa shape index (κ3) is 2.33. The summed E-state index contributed by atoms with van der Waals surface area (Å²) in [5.41, 5.74) is 3.44. The number of hydrogen-bond acceptors (Lipinski definition) is 3. The summed E-state index contributed by atoms with van der Waals surface area (Å²) in [6.07, 6.45) is 6.15. The Morgan fingerprint density at radius 2 is 2.03 bits per heavy atom.